The zero-order chi connectivity index (χ0) is 14.8. The molecule has 4 nitrogen and oxygen atoms in total. The van der Waals surface area contributed by atoms with Gasteiger partial charge in [0.25, 0.3) is 0 Å². The number of nitrogens with two attached hydrogens (primary N) is 1. The number of hydrogen-bond donors (Lipinski definition) is 1. The van der Waals surface area contributed by atoms with Crippen LogP contribution in [-0.2, 0) is 9.53 Å². The van der Waals surface area contributed by atoms with Crippen molar-refractivity contribution in [2.24, 2.45) is 17.6 Å². The maximum atomic E-state index is 12.8. The van der Waals surface area contributed by atoms with Crippen molar-refractivity contribution in [2.75, 3.05) is 26.3 Å². The Kier molecular flexibility index (Phi) is 4.90. The smallest absolute Gasteiger partial charge is 0.377 e. The number of halogens is 3. The molecule has 0 radical (unpaired) electrons. The fraction of sp³-hybridized carbons (Fsp3) is 0.923. The number of hydrogen-bond acceptors (Lipinski definition) is 3. The molecular formula is C13H21F3N2O2. The van der Waals surface area contributed by atoms with Gasteiger partial charge in [0, 0.05) is 19.0 Å². The third-order valence-electron chi connectivity index (χ3n) is 4.27. The van der Waals surface area contributed by atoms with E-state index in [1.54, 1.807) is 4.90 Å². The Balaban J connectivity index is 2.00. The van der Waals surface area contributed by atoms with Gasteiger partial charge in [0.05, 0.1) is 25.2 Å². The molecule has 2 fully saturated rings. The first kappa shape index (κ1) is 15.6. The van der Waals surface area contributed by atoms with Crippen molar-refractivity contribution in [1.82, 2.24) is 4.90 Å². The van der Waals surface area contributed by atoms with Gasteiger partial charge in [-0.25, -0.2) is 0 Å². The van der Waals surface area contributed by atoms with Crippen molar-refractivity contribution in [2.45, 2.75) is 37.9 Å². The third-order valence-corrected chi connectivity index (χ3v) is 4.27. The summed E-state index contributed by atoms with van der Waals surface area (Å²) in [5, 5.41) is 0. The van der Waals surface area contributed by atoms with Crippen LogP contribution in [0.5, 0.6) is 0 Å². The van der Waals surface area contributed by atoms with Crippen LogP contribution in [0.25, 0.3) is 0 Å². The van der Waals surface area contributed by atoms with Gasteiger partial charge in [0.15, 0.2) is 0 Å². The van der Waals surface area contributed by atoms with E-state index in [0.29, 0.717) is 32.6 Å². The molecule has 1 heterocycles. The minimum absolute atomic E-state index is 0.0863. The van der Waals surface area contributed by atoms with E-state index >= 15 is 0 Å². The lowest BCUT2D eigenvalue weighted by Crippen LogP contribution is -2.54. The van der Waals surface area contributed by atoms with Gasteiger partial charge in [0.1, 0.15) is 0 Å². The van der Waals surface area contributed by atoms with Gasteiger partial charge in [-0.15, -0.1) is 0 Å². The Morgan fingerprint density at radius 3 is 2.75 bits per heavy atom. The van der Waals surface area contributed by atoms with E-state index in [1.807, 2.05) is 0 Å². The van der Waals surface area contributed by atoms with E-state index in [9.17, 15) is 18.0 Å². The molecule has 1 amide bonds. The van der Waals surface area contributed by atoms with Crippen LogP contribution >= 0.6 is 0 Å². The third kappa shape index (κ3) is 3.44. The number of ether oxygens (including phenoxy) is 1. The maximum Gasteiger partial charge on any atom is 0.391 e. The van der Waals surface area contributed by atoms with Crippen LogP contribution in [0.1, 0.15) is 25.7 Å². The van der Waals surface area contributed by atoms with Gasteiger partial charge in [-0.3, -0.25) is 4.79 Å². The normalized spacial score (nSPS) is 32.2. The van der Waals surface area contributed by atoms with Crippen LogP contribution in [0.3, 0.4) is 0 Å². The highest BCUT2D eigenvalue weighted by molar-refractivity contribution is 5.79. The Bertz CT molecular complexity index is 349. The Labute approximate surface area is 116 Å². The molecule has 0 spiro atoms. The molecule has 1 aliphatic carbocycles. The van der Waals surface area contributed by atoms with Crippen molar-refractivity contribution in [1.29, 1.82) is 0 Å². The van der Waals surface area contributed by atoms with Crippen molar-refractivity contribution in [3.8, 4) is 0 Å². The van der Waals surface area contributed by atoms with Gasteiger partial charge in [0.2, 0.25) is 5.91 Å². The number of carbonyl (C=O) groups is 1. The van der Waals surface area contributed by atoms with Crippen LogP contribution in [0.4, 0.5) is 13.2 Å². The van der Waals surface area contributed by atoms with Gasteiger partial charge in [-0.2, -0.15) is 13.2 Å². The Morgan fingerprint density at radius 2 is 2.10 bits per heavy atom. The summed E-state index contributed by atoms with van der Waals surface area (Å²) in [5.41, 5.74) is 5.60. The zero-order valence-electron chi connectivity index (χ0n) is 11.4. The number of morpholine rings is 1. The van der Waals surface area contributed by atoms with Gasteiger partial charge in [-0.1, -0.05) is 6.42 Å². The molecule has 20 heavy (non-hydrogen) atoms. The van der Waals surface area contributed by atoms with E-state index in [4.69, 9.17) is 10.5 Å². The van der Waals surface area contributed by atoms with E-state index < -0.39 is 18.0 Å². The fourth-order valence-electron chi connectivity index (χ4n) is 3.09. The molecule has 0 aromatic heterocycles. The van der Waals surface area contributed by atoms with Crippen LogP contribution in [0.2, 0.25) is 0 Å². The van der Waals surface area contributed by atoms with E-state index in [2.05, 4.69) is 0 Å². The largest absolute Gasteiger partial charge is 0.391 e. The molecule has 0 bridgehead atoms. The van der Waals surface area contributed by atoms with Crippen LogP contribution in [0, 0.1) is 11.8 Å². The molecule has 2 N–H and O–H groups in total. The summed E-state index contributed by atoms with van der Waals surface area (Å²) in [6, 6.07) is -0.206. The first-order valence-corrected chi connectivity index (χ1v) is 7.08. The fourth-order valence-corrected chi connectivity index (χ4v) is 3.09. The Hall–Kier alpha value is -0.820. The molecule has 1 saturated carbocycles. The van der Waals surface area contributed by atoms with Crippen molar-refractivity contribution >= 4 is 5.91 Å². The molecule has 1 saturated heterocycles. The van der Waals surface area contributed by atoms with Crippen LogP contribution < -0.4 is 5.73 Å². The van der Waals surface area contributed by atoms with Crippen molar-refractivity contribution in [3.05, 3.63) is 0 Å². The van der Waals surface area contributed by atoms with E-state index in [0.717, 1.165) is 0 Å². The Morgan fingerprint density at radius 1 is 1.35 bits per heavy atom. The van der Waals surface area contributed by atoms with Crippen LogP contribution in [0.15, 0.2) is 0 Å². The molecule has 7 heteroatoms. The SMILES string of the molecule is NCC1COCCN1C(=O)C1CCCC(C(F)(F)F)C1. The first-order chi connectivity index (χ1) is 9.43. The maximum absolute atomic E-state index is 12.8. The minimum atomic E-state index is -4.20. The van der Waals surface area contributed by atoms with E-state index in [1.165, 1.54) is 0 Å². The summed E-state index contributed by atoms with van der Waals surface area (Å²) in [5.74, 6) is -2.05. The monoisotopic (exact) mass is 294 g/mol. The van der Waals surface area contributed by atoms with E-state index in [-0.39, 0.29) is 31.3 Å². The van der Waals surface area contributed by atoms with Gasteiger partial charge in [-0.05, 0) is 19.3 Å². The summed E-state index contributed by atoms with van der Waals surface area (Å²) >= 11 is 0. The summed E-state index contributed by atoms with van der Waals surface area (Å²) in [6.45, 7) is 1.50. The molecule has 116 valence electrons. The average Bonchev–Trinajstić information content (AvgIpc) is 2.45. The predicted molar refractivity (Wildman–Crippen MR) is 66.9 cm³/mol. The highest BCUT2D eigenvalue weighted by Gasteiger charge is 2.44. The lowest BCUT2D eigenvalue weighted by Gasteiger charge is -2.39. The molecule has 2 aliphatic rings. The number of carbonyl (C=O) groups excluding carboxylic acids is 1. The van der Waals surface area contributed by atoms with Crippen LogP contribution in [-0.4, -0.2) is 49.3 Å². The average molecular weight is 294 g/mol. The summed E-state index contributed by atoms with van der Waals surface area (Å²) in [4.78, 5) is 14.1. The number of nitrogens with zero attached hydrogens (tertiary/aromatic N) is 1. The molecule has 0 aromatic rings. The highest BCUT2D eigenvalue weighted by Crippen LogP contribution is 2.40. The standard InChI is InChI=1S/C13H21F3N2O2/c14-13(15,16)10-3-1-2-9(6-10)12(19)18-4-5-20-8-11(18)7-17/h9-11H,1-8,17H2. The summed E-state index contributed by atoms with van der Waals surface area (Å²) in [7, 11) is 0. The zero-order valence-corrected chi connectivity index (χ0v) is 11.4. The first-order valence-electron chi connectivity index (χ1n) is 7.08. The molecule has 3 atom stereocenters. The quantitative estimate of drug-likeness (QED) is 0.840. The molecule has 2 rings (SSSR count). The van der Waals surface area contributed by atoms with Gasteiger partial charge >= 0.3 is 6.18 Å². The molecule has 0 aromatic carbocycles. The molecule has 3 unspecified atom stereocenters. The lowest BCUT2D eigenvalue weighted by molar-refractivity contribution is -0.188. The summed E-state index contributed by atoms with van der Waals surface area (Å²) < 4.78 is 43.7. The number of alkyl halides is 3. The number of rotatable bonds is 2. The van der Waals surface area contributed by atoms with Crippen molar-refractivity contribution < 1.29 is 22.7 Å². The molecular weight excluding hydrogens is 273 g/mol. The predicted octanol–water partition coefficient (Wildman–Crippen LogP) is 1.54. The minimum Gasteiger partial charge on any atom is -0.377 e. The van der Waals surface area contributed by atoms with Gasteiger partial charge < -0.3 is 15.4 Å². The topological polar surface area (TPSA) is 55.6 Å². The van der Waals surface area contributed by atoms with Crippen molar-refractivity contribution in [3.63, 3.8) is 0 Å². The lowest BCUT2D eigenvalue weighted by atomic mass is 9.80. The summed E-state index contributed by atoms with van der Waals surface area (Å²) in [6.07, 6.45) is -3.15. The second-order valence-corrected chi connectivity index (χ2v) is 5.60. The second kappa shape index (κ2) is 6.30. The highest BCUT2D eigenvalue weighted by atomic mass is 19.4. The molecule has 1 aliphatic heterocycles. The second-order valence-electron chi connectivity index (χ2n) is 5.60. The number of amides is 1.